The highest BCUT2D eigenvalue weighted by atomic mass is 16.1. The van der Waals surface area contributed by atoms with Gasteiger partial charge < -0.3 is 10.6 Å². The smallest absolute Gasteiger partial charge is 0.164 e. The van der Waals surface area contributed by atoms with Crippen LogP contribution in [0, 0.1) is 0 Å². The van der Waals surface area contributed by atoms with Crippen LogP contribution >= 0.6 is 0 Å². The number of carbonyl (C=O) groups is 1. The average molecular weight is 323 g/mol. The Balaban J connectivity index is 1.41. The average Bonchev–Trinajstić information content (AvgIpc) is 2.62. The molecule has 0 aliphatic carbocycles. The number of nitrogen functional groups attached to an aromatic ring is 1. The summed E-state index contributed by atoms with van der Waals surface area (Å²) in [5, 5.41) is 0. The van der Waals surface area contributed by atoms with Crippen molar-refractivity contribution in [2.75, 3.05) is 38.5 Å². The van der Waals surface area contributed by atoms with Crippen molar-refractivity contribution < 1.29 is 4.79 Å². The number of benzene rings is 2. The minimum Gasteiger partial charge on any atom is -0.399 e. The first-order valence-electron chi connectivity index (χ1n) is 8.58. The van der Waals surface area contributed by atoms with Gasteiger partial charge in [0.1, 0.15) is 0 Å². The topological polar surface area (TPSA) is 49.6 Å². The standard InChI is InChI=1S/C20H25N3O/c21-19-8-6-18(7-9-19)20(24)10-11-22-12-14-23(15-13-22)16-17-4-2-1-3-5-17/h1-9H,10-16,21H2. The Morgan fingerprint density at radius 1 is 0.875 bits per heavy atom. The van der Waals surface area contributed by atoms with Crippen LogP contribution < -0.4 is 5.73 Å². The van der Waals surface area contributed by atoms with Gasteiger partial charge in [-0.1, -0.05) is 30.3 Å². The summed E-state index contributed by atoms with van der Waals surface area (Å²) in [5.74, 6) is 0.196. The summed E-state index contributed by atoms with van der Waals surface area (Å²) in [4.78, 5) is 17.1. The van der Waals surface area contributed by atoms with Crippen molar-refractivity contribution in [3.8, 4) is 0 Å². The third kappa shape index (κ3) is 4.66. The molecule has 2 N–H and O–H groups in total. The molecule has 1 saturated heterocycles. The first-order chi connectivity index (χ1) is 11.7. The molecular weight excluding hydrogens is 298 g/mol. The summed E-state index contributed by atoms with van der Waals surface area (Å²) in [6.45, 7) is 6.03. The normalized spacial score (nSPS) is 16.2. The number of hydrogen-bond acceptors (Lipinski definition) is 4. The molecule has 0 amide bonds. The van der Waals surface area contributed by atoms with Crippen LogP contribution in [-0.4, -0.2) is 48.3 Å². The maximum atomic E-state index is 12.2. The number of hydrogen-bond donors (Lipinski definition) is 1. The number of nitrogens with zero attached hydrogens (tertiary/aromatic N) is 2. The van der Waals surface area contributed by atoms with Crippen LogP contribution in [0.15, 0.2) is 54.6 Å². The second-order valence-electron chi connectivity index (χ2n) is 6.40. The predicted molar refractivity (Wildman–Crippen MR) is 98.0 cm³/mol. The molecule has 1 heterocycles. The van der Waals surface area contributed by atoms with Gasteiger partial charge in [-0.3, -0.25) is 9.69 Å². The molecule has 0 bridgehead atoms. The molecule has 0 aromatic heterocycles. The number of anilines is 1. The fourth-order valence-electron chi connectivity index (χ4n) is 3.09. The van der Waals surface area contributed by atoms with E-state index in [0.717, 1.165) is 44.8 Å². The number of carbonyl (C=O) groups excluding carboxylic acids is 1. The van der Waals surface area contributed by atoms with Gasteiger partial charge >= 0.3 is 0 Å². The minimum absolute atomic E-state index is 0.196. The maximum Gasteiger partial charge on any atom is 0.164 e. The maximum absolute atomic E-state index is 12.2. The van der Waals surface area contributed by atoms with Crippen LogP contribution in [0.5, 0.6) is 0 Å². The molecule has 0 saturated carbocycles. The van der Waals surface area contributed by atoms with Crippen molar-refractivity contribution >= 4 is 11.5 Å². The van der Waals surface area contributed by atoms with Crippen molar-refractivity contribution in [2.24, 2.45) is 0 Å². The van der Waals surface area contributed by atoms with E-state index in [2.05, 4.69) is 40.1 Å². The lowest BCUT2D eigenvalue weighted by Gasteiger charge is -2.34. The lowest BCUT2D eigenvalue weighted by molar-refractivity contribution is 0.0922. The molecule has 0 spiro atoms. The van der Waals surface area contributed by atoms with Gasteiger partial charge in [0.2, 0.25) is 0 Å². The highest BCUT2D eigenvalue weighted by Gasteiger charge is 2.17. The zero-order chi connectivity index (χ0) is 16.8. The van der Waals surface area contributed by atoms with Gasteiger partial charge in [-0.15, -0.1) is 0 Å². The van der Waals surface area contributed by atoms with Crippen molar-refractivity contribution in [3.63, 3.8) is 0 Å². The van der Waals surface area contributed by atoms with E-state index in [1.807, 2.05) is 12.1 Å². The Hall–Kier alpha value is -2.17. The fourth-order valence-corrected chi connectivity index (χ4v) is 3.09. The number of piperazine rings is 1. The number of rotatable bonds is 6. The SMILES string of the molecule is Nc1ccc(C(=O)CCN2CCN(Cc3ccccc3)CC2)cc1. The number of Topliss-reactive ketones (excluding diaryl/α,β-unsaturated/α-hetero) is 1. The van der Waals surface area contributed by atoms with E-state index in [4.69, 9.17) is 5.73 Å². The molecular formula is C20H25N3O. The Labute approximate surface area is 143 Å². The molecule has 1 aliphatic rings. The van der Waals surface area contributed by atoms with E-state index in [9.17, 15) is 4.79 Å². The molecule has 0 radical (unpaired) electrons. The second-order valence-corrected chi connectivity index (χ2v) is 6.40. The zero-order valence-electron chi connectivity index (χ0n) is 14.0. The fraction of sp³-hybridized carbons (Fsp3) is 0.350. The number of ketones is 1. The molecule has 4 nitrogen and oxygen atoms in total. The zero-order valence-corrected chi connectivity index (χ0v) is 14.0. The Morgan fingerprint density at radius 3 is 2.17 bits per heavy atom. The monoisotopic (exact) mass is 323 g/mol. The molecule has 1 aliphatic heterocycles. The summed E-state index contributed by atoms with van der Waals surface area (Å²) in [6.07, 6.45) is 0.572. The largest absolute Gasteiger partial charge is 0.399 e. The van der Waals surface area contributed by atoms with Crippen molar-refractivity contribution in [1.29, 1.82) is 0 Å². The third-order valence-electron chi connectivity index (χ3n) is 4.60. The van der Waals surface area contributed by atoms with Gasteiger partial charge in [0.25, 0.3) is 0 Å². The van der Waals surface area contributed by atoms with Gasteiger partial charge in [-0.2, -0.15) is 0 Å². The summed E-state index contributed by atoms with van der Waals surface area (Å²) in [7, 11) is 0. The van der Waals surface area contributed by atoms with Crippen molar-refractivity contribution in [1.82, 2.24) is 9.80 Å². The van der Waals surface area contributed by atoms with Gasteiger partial charge in [0.15, 0.2) is 5.78 Å². The summed E-state index contributed by atoms with van der Waals surface area (Å²) in [6, 6.07) is 17.8. The van der Waals surface area contributed by atoms with E-state index in [-0.39, 0.29) is 5.78 Å². The lowest BCUT2D eigenvalue weighted by Crippen LogP contribution is -2.46. The van der Waals surface area contributed by atoms with Crippen LogP contribution in [0.2, 0.25) is 0 Å². The van der Waals surface area contributed by atoms with E-state index in [1.165, 1.54) is 5.56 Å². The minimum atomic E-state index is 0.196. The Kier molecular flexibility index (Phi) is 5.62. The first kappa shape index (κ1) is 16.7. The van der Waals surface area contributed by atoms with Gasteiger partial charge in [-0.25, -0.2) is 0 Å². The molecule has 0 unspecified atom stereocenters. The number of nitrogens with two attached hydrogens (primary N) is 1. The lowest BCUT2D eigenvalue weighted by atomic mass is 10.1. The highest BCUT2D eigenvalue weighted by molar-refractivity contribution is 5.96. The summed E-state index contributed by atoms with van der Waals surface area (Å²) >= 11 is 0. The molecule has 126 valence electrons. The van der Waals surface area contributed by atoms with E-state index in [1.54, 1.807) is 12.1 Å². The van der Waals surface area contributed by atoms with E-state index in [0.29, 0.717) is 12.1 Å². The third-order valence-corrected chi connectivity index (χ3v) is 4.60. The quantitative estimate of drug-likeness (QED) is 0.656. The van der Waals surface area contributed by atoms with Gasteiger partial charge in [0, 0.05) is 56.9 Å². The Bertz CT molecular complexity index is 646. The van der Waals surface area contributed by atoms with Crippen LogP contribution in [0.25, 0.3) is 0 Å². The van der Waals surface area contributed by atoms with Crippen LogP contribution in [0.3, 0.4) is 0 Å². The van der Waals surface area contributed by atoms with Gasteiger partial charge in [-0.05, 0) is 29.8 Å². The Morgan fingerprint density at radius 2 is 1.50 bits per heavy atom. The molecule has 1 fully saturated rings. The van der Waals surface area contributed by atoms with Gasteiger partial charge in [0.05, 0.1) is 0 Å². The molecule has 3 rings (SSSR count). The predicted octanol–water partition coefficient (Wildman–Crippen LogP) is 2.66. The molecule has 24 heavy (non-hydrogen) atoms. The van der Waals surface area contributed by atoms with E-state index < -0.39 is 0 Å². The summed E-state index contributed by atoms with van der Waals surface area (Å²) < 4.78 is 0. The van der Waals surface area contributed by atoms with Crippen molar-refractivity contribution in [2.45, 2.75) is 13.0 Å². The van der Waals surface area contributed by atoms with Crippen LogP contribution in [0.4, 0.5) is 5.69 Å². The molecule has 4 heteroatoms. The van der Waals surface area contributed by atoms with E-state index >= 15 is 0 Å². The second kappa shape index (κ2) is 8.08. The highest BCUT2D eigenvalue weighted by Crippen LogP contribution is 2.11. The molecule has 2 aromatic carbocycles. The first-order valence-corrected chi connectivity index (χ1v) is 8.58. The van der Waals surface area contributed by atoms with Crippen LogP contribution in [0.1, 0.15) is 22.3 Å². The molecule has 0 atom stereocenters. The van der Waals surface area contributed by atoms with Crippen molar-refractivity contribution in [3.05, 3.63) is 65.7 Å². The molecule has 2 aromatic rings. The van der Waals surface area contributed by atoms with Crippen LogP contribution in [-0.2, 0) is 6.54 Å². The summed E-state index contributed by atoms with van der Waals surface area (Å²) in [5.41, 5.74) is 8.48.